The van der Waals surface area contributed by atoms with Gasteiger partial charge in [0.2, 0.25) is 0 Å². The molecular formula is C12H30O2Ti. The Morgan fingerprint density at radius 1 is 0.800 bits per heavy atom. The van der Waals surface area contributed by atoms with Gasteiger partial charge < -0.3 is 24.1 Å². The van der Waals surface area contributed by atoms with Gasteiger partial charge in [-0.05, 0) is 27.7 Å². The van der Waals surface area contributed by atoms with E-state index in [2.05, 4.69) is 13.8 Å². The molecule has 0 aliphatic heterocycles. The molecule has 0 fully saturated rings. The van der Waals surface area contributed by atoms with Crippen molar-refractivity contribution in [3.05, 3.63) is 13.8 Å². The van der Waals surface area contributed by atoms with Gasteiger partial charge in [-0.1, -0.05) is 13.8 Å². The third kappa shape index (κ3) is 5810. The maximum absolute atomic E-state index is 8.06. The minimum absolute atomic E-state index is 0. The van der Waals surface area contributed by atoms with Gasteiger partial charge in [0.25, 0.3) is 0 Å². The van der Waals surface area contributed by atoms with Crippen LogP contribution in [0.2, 0.25) is 0 Å². The van der Waals surface area contributed by atoms with Crippen molar-refractivity contribution in [3.63, 3.8) is 0 Å². The van der Waals surface area contributed by atoms with Gasteiger partial charge >= 0.3 is 21.7 Å². The maximum atomic E-state index is 8.06. The van der Waals surface area contributed by atoms with Crippen molar-refractivity contribution in [1.82, 2.24) is 0 Å². The van der Waals surface area contributed by atoms with E-state index >= 15 is 0 Å². The van der Waals surface area contributed by atoms with Gasteiger partial charge in [-0.15, -0.1) is 0 Å². The Balaban J connectivity index is -0.0000000293. The average molecular weight is 254 g/mol. The first-order valence-corrected chi connectivity index (χ1v) is 5.24. The van der Waals surface area contributed by atoms with Gasteiger partial charge in [0.05, 0.1) is 0 Å². The second-order valence-electron chi connectivity index (χ2n) is 3.19. The SMILES string of the molecule is CC(C)O.CC(C)O.[CH2-]CC.[CH2-]CC.[Ti+2]. The van der Waals surface area contributed by atoms with Gasteiger partial charge in [0.15, 0.2) is 0 Å². The van der Waals surface area contributed by atoms with E-state index in [9.17, 15) is 0 Å². The Bertz CT molecular complexity index is 44.1. The molecule has 15 heavy (non-hydrogen) atoms. The van der Waals surface area contributed by atoms with E-state index in [-0.39, 0.29) is 33.9 Å². The fourth-order valence-electron chi connectivity index (χ4n) is 0. The molecule has 0 aliphatic rings. The molecule has 0 aromatic rings. The van der Waals surface area contributed by atoms with Crippen molar-refractivity contribution in [2.75, 3.05) is 0 Å². The summed E-state index contributed by atoms with van der Waals surface area (Å²) in [6, 6.07) is 0. The summed E-state index contributed by atoms with van der Waals surface area (Å²) in [5, 5.41) is 16.1. The molecule has 0 aliphatic carbocycles. The van der Waals surface area contributed by atoms with Crippen LogP contribution in [0.25, 0.3) is 0 Å². The summed E-state index contributed by atoms with van der Waals surface area (Å²) in [6.45, 7) is 17.9. The normalized spacial score (nSPS) is 7.20. The van der Waals surface area contributed by atoms with Crippen molar-refractivity contribution in [1.29, 1.82) is 0 Å². The first-order chi connectivity index (χ1) is 6.29. The van der Waals surface area contributed by atoms with Crippen molar-refractivity contribution in [2.24, 2.45) is 0 Å². The zero-order valence-electron chi connectivity index (χ0n) is 11.4. The van der Waals surface area contributed by atoms with E-state index < -0.39 is 0 Å². The standard InChI is InChI=1S/2C3H8O.2C3H7.Ti/c2*1-3(2)4;2*1-3-2;/h2*3-4H,1-2H3;2*1,3H2,2H3;/q;;2*-1;+2. The molecule has 94 valence electrons. The quantitative estimate of drug-likeness (QED) is 0.514. The fourth-order valence-corrected chi connectivity index (χ4v) is 0. The molecule has 0 bridgehead atoms. The number of rotatable bonds is 0. The Labute approximate surface area is 112 Å². The second kappa shape index (κ2) is 36.5. The Kier molecular flexibility index (Phi) is 72.0. The fraction of sp³-hybridized carbons (Fsp3) is 0.833. The van der Waals surface area contributed by atoms with Gasteiger partial charge in [0, 0.05) is 12.2 Å². The number of hydrogen-bond acceptors (Lipinski definition) is 2. The first-order valence-electron chi connectivity index (χ1n) is 5.24. The average Bonchev–Trinajstić information content (AvgIpc) is 1.85. The van der Waals surface area contributed by atoms with E-state index in [0.717, 1.165) is 12.8 Å². The molecule has 2 N–H and O–H groups in total. The van der Waals surface area contributed by atoms with Crippen LogP contribution < -0.4 is 0 Å². The number of aliphatic hydroxyl groups excluding tert-OH is 2. The molecule has 0 amide bonds. The topological polar surface area (TPSA) is 40.5 Å². The molecule has 3 heteroatoms. The second-order valence-corrected chi connectivity index (χ2v) is 3.19. The Morgan fingerprint density at radius 3 is 0.800 bits per heavy atom. The zero-order valence-corrected chi connectivity index (χ0v) is 12.9. The first kappa shape index (κ1) is 29.6. The molecule has 0 atom stereocenters. The summed E-state index contributed by atoms with van der Waals surface area (Å²) in [4.78, 5) is 0. The van der Waals surface area contributed by atoms with Gasteiger partial charge in [-0.2, -0.15) is 12.8 Å². The van der Waals surface area contributed by atoms with E-state index in [1.54, 1.807) is 27.7 Å². The monoisotopic (exact) mass is 254 g/mol. The molecule has 0 radical (unpaired) electrons. The summed E-state index contributed by atoms with van der Waals surface area (Å²) in [7, 11) is 0. The van der Waals surface area contributed by atoms with Crippen LogP contribution in [0.15, 0.2) is 0 Å². The molecule has 0 unspecified atom stereocenters. The van der Waals surface area contributed by atoms with E-state index in [1.807, 2.05) is 13.8 Å². The largest absolute Gasteiger partial charge is 2.00 e. The minimum Gasteiger partial charge on any atom is -0.394 e. The Hall–Kier alpha value is 0.634. The van der Waals surface area contributed by atoms with Crippen LogP contribution in [0.3, 0.4) is 0 Å². The van der Waals surface area contributed by atoms with E-state index in [1.165, 1.54) is 0 Å². The summed E-state index contributed by atoms with van der Waals surface area (Å²) in [6.07, 6.45) is 1.67. The third-order valence-corrected chi connectivity index (χ3v) is 0. The van der Waals surface area contributed by atoms with Crippen LogP contribution in [-0.2, 0) is 21.7 Å². The smallest absolute Gasteiger partial charge is 0.394 e. The van der Waals surface area contributed by atoms with Crippen molar-refractivity contribution < 1.29 is 31.9 Å². The number of aliphatic hydroxyl groups is 2. The van der Waals surface area contributed by atoms with Crippen LogP contribution >= 0.6 is 0 Å². The molecule has 0 aromatic carbocycles. The van der Waals surface area contributed by atoms with Crippen LogP contribution in [0.1, 0.15) is 54.4 Å². The van der Waals surface area contributed by atoms with Crippen LogP contribution in [0.4, 0.5) is 0 Å². The van der Waals surface area contributed by atoms with Crippen molar-refractivity contribution in [3.8, 4) is 0 Å². The molecule has 0 heterocycles. The zero-order chi connectivity index (χ0) is 12.6. The molecular weight excluding hydrogens is 224 g/mol. The molecule has 0 rings (SSSR count). The molecule has 0 aromatic heterocycles. The minimum atomic E-state index is -0.167. The van der Waals surface area contributed by atoms with Gasteiger partial charge in [-0.3, -0.25) is 0 Å². The van der Waals surface area contributed by atoms with E-state index in [0.29, 0.717) is 0 Å². The van der Waals surface area contributed by atoms with Crippen LogP contribution in [-0.4, -0.2) is 22.4 Å². The summed E-state index contributed by atoms with van der Waals surface area (Å²) < 4.78 is 0. The molecule has 0 saturated heterocycles. The summed E-state index contributed by atoms with van der Waals surface area (Å²) >= 11 is 0. The maximum Gasteiger partial charge on any atom is 2.00 e. The van der Waals surface area contributed by atoms with Crippen LogP contribution in [0.5, 0.6) is 0 Å². The summed E-state index contributed by atoms with van der Waals surface area (Å²) in [5.74, 6) is 0. The van der Waals surface area contributed by atoms with Crippen molar-refractivity contribution in [2.45, 2.75) is 66.6 Å². The molecule has 0 saturated carbocycles. The van der Waals surface area contributed by atoms with Gasteiger partial charge in [-0.25, -0.2) is 0 Å². The van der Waals surface area contributed by atoms with Gasteiger partial charge in [0.1, 0.15) is 0 Å². The predicted molar refractivity (Wildman–Crippen MR) is 66.0 cm³/mol. The Morgan fingerprint density at radius 2 is 0.800 bits per heavy atom. The summed E-state index contributed by atoms with van der Waals surface area (Å²) in [5.41, 5.74) is 0. The molecule has 0 spiro atoms. The van der Waals surface area contributed by atoms with Crippen molar-refractivity contribution >= 4 is 0 Å². The van der Waals surface area contributed by atoms with Crippen LogP contribution in [0, 0.1) is 13.8 Å². The van der Waals surface area contributed by atoms with E-state index in [4.69, 9.17) is 10.2 Å². The third-order valence-electron chi connectivity index (χ3n) is 0. The molecule has 2 nitrogen and oxygen atoms in total. The predicted octanol–water partition coefficient (Wildman–Crippen LogP) is 3.23. The number of hydrogen-bond donors (Lipinski definition) is 2.